The van der Waals surface area contributed by atoms with Crippen LogP contribution in [0.25, 0.3) is 22.3 Å². The second kappa shape index (κ2) is 11.5. The Morgan fingerprint density at radius 2 is 1.83 bits per heavy atom. The topological polar surface area (TPSA) is 223 Å². The molecular formula is C31H28N8O9. The van der Waals surface area contributed by atoms with Crippen LogP contribution < -0.4 is 20.7 Å². The van der Waals surface area contributed by atoms with E-state index in [1.165, 1.54) is 39.5 Å². The molecular weight excluding hydrogens is 628 g/mol. The van der Waals surface area contributed by atoms with Crippen molar-refractivity contribution in [3.05, 3.63) is 79.4 Å². The molecule has 17 nitrogen and oxygen atoms in total. The van der Waals surface area contributed by atoms with Crippen molar-refractivity contribution in [3.63, 3.8) is 0 Å². The Morgan fingerprint density at radius 3 is 2.50 bits per heavy atom. The average molecular weight is 657 g/mol. The standard InChI is InChI=1S/C31H28N8O9/c1-2-31(44)20-12-22-25-16(15-38(22)28(42)18(20)3-6-24(31)40)11-19-21(34-25)4-5-23(26(19)39(46)47)48-30(43)37-9-7-36(8-10-37)29-32-13-17(14-33-29)27(41)35-45/h4-5,11-14,44-45H,2-3,6-10,15H2,1H3,(H,35,41)/t31-/m0/s1. The second-order valence-corrected chi connectivity index (χ2v) is 11.7. The lowest BCUT2D eigenvalue weighted by atomic mass is 9.77. The van der Waals surface area contributed by atoms with Gasteiger partial charge in [-0.1, -0.05) is 6.92 Å². The van der Waals surface area contributed by atoms with E-state index in [2.05, 4.69) is 15.0 Å². The van der Waals surface area contributed by atoms with Gasteiger partial charge in [-0.15, -0.1) is 0 Å². The Morgan fingerprint density at radius 1 is 1.10 bits per heavy atom. The summed E-state index contributed by atoms with van der Waals surface area (Å²) >= 11 is 0. The molecule has 48 heavy (non-hydrogen) atoms. The third-order valence-electron chi connectivity index (χ3n) is 9.21. The van der Waals surface area contributed by atoms with Crippen LogP contribution in [0.15, 0.2) is 41.5 Å². The van der Waals surface area contributed by atoms with Gasteiger partial charge in [-0.2, -0.15) is 0 Å². The number of ether oxygens (including phenoxy) is 1. The molecule has 3 aliphatic rings. The number of anilines is 1. The molecule has 246 valence electrons. The van der Waals surface area contributed by atoms with Crippen LogP contribution in [-0.4, -0.2) is 83.6 Å². The number of carbonyl (C=O) groups excluding carboxylic acids is 3. The van der Waals surface area contributed by atoms with Gasteiger partial charge in [0.25, 0.3) is 11.5 Å². The Bertz CT molecular complexity index is 2110. The van der Waals surface area contributed by atoms with Crippen molar-refractivity contribution in [2.75, 3.05) is 31.1 Å². The zero-order chi connectivity index (χ0) is 33.9. The van der Waals surface area contributed by atoms with E-state index in [9.17, 15) is 34.4 Å². The molecule has 2 amide bonds. The van der Waals surface area contributed by atoms with E-state index in [0.717, 1.165) is 0 Å². The summed E-state index contributed by atoms with van der Waals surface area (Å²) < 4.78 is 7.05. The van der Waals surface area contributed by atoms with Gasteiger partial charge < -0.3 is 24.2 Å². The molecule has 3 N–H and O–H groups in total. The predicted octanol–water partition coefficient (Wildman–Crippen LogP) is 1.68. The number of aromatic nitrogens is 4. The van der Waals surface area contributed by atoms with E-state index in [4.69, 9.17) is 9.94 Å². The van der Waals surface area contributed by atoms with Crippen LogP contribution >= 0.6 is 0 Å². The normalized spacial score (nSPS) is 18.3. The number of nitro benzene ring substituents is 1. The van der Waals surface area contributed by atoms with Crippen LogP contribution in [0.4, 0.5) is 16.4 Å². The number of ketones is 1. The number of carbonyl (C=O) groups is 3. The predicted molar refractivity (Wildman–Crippen MR) is 166 cm³/mol. The minimum absolute atomic E-state index is 0.0555. The molecule has 0 spiro atoms. The van der Waals surface area contributed by atoms with E-state index in [0.29, 0.717) is 41.6 Å². The van der Waals surface area contributed by atoms with Crippen LogP contribution in [0.3, 0.4) is 0 Å². The first kappa shape index (κ1) is 30.8. The van der Waals surface area contributed by atoms with Gasteiger partial charge in [-0.05, 0) is 37.1 Å². The van der Waals surface area contributed by atoms with Crippen molar-refractivity contribution >= 4 is 40.3 Å². The lowest BCUT2D eigenvalue weighted by molar-refractivity contribution is -0.383. The maximum atomic E-state index is 13.5. The number of pyridine rings is 2. The van der Waals surface area contributed by atoms with E-state index < -0.39 is 28.2 Å². The van der Waals surface area contributed by atoms with E-state index >= 15 is 0 Å². The molecule has 5 heterocycles. The third kappa shape index (κ3) is 4.82. The van der Waals surface area contributed by atoms with Crippen LogP contribution in [0.2, 0.25) is 0 Å². The maximum absolute atomic E-state index is 13.5. The number of aliphatic hydroxyl groups is 1. The quantitative estimate of drug-likeness (QED) is 0.139. The first-order valence-corrected chi connectivity index (χ1v) is 15.2. The van der Waals surface area contributed by atoms with Crippen molar-refractivity contribution in [1.29, 1.82) is 0 Å². The van der Waals surface area contributed by atoms with E-state index in [1.807, 2.05) is 0 Å². The van der Waals surface area contributed by atoms with Crippen molar-refractivity contribution < 1.29 is 34.4 Å². The zero-order valence-electron chi connectivity index (χ0n) is 25.5. The Labute approximate surface area is 270 Å². The number of amides is 2. The highest BCUT2D eigenvalue weighted by Gasteiger charge is 2.43. The first-order valence-electron chi connectivity index (χ1n) is 15.2. The molecule has 4 aromatic rings. The molecule has 0 saturated carbocycles. The van der Waals surface area contributed by atoms with Gasteiger partial charge in [-0.3, -0.25) is 29.7 Å². The fraction of sp³-hybridized carbons (Fsp3) is 0.323. The van der Waals surface area contributed by atoms with Crippen LogP contribution in [-0.2, 0) is 23.4 Å². The summed E-state index contributed by atoms with van der Waals surface area (Å²) in [6, 6.07) is 5.98. The SMILES string of the molecule is CC[C@@]1(O)C(=O)CCc2c1cc1n(c2=O)Cc2cc3c([N+](=O)[O-])c(OC(=O)N4CCN(c5ncc(C(=O)NO)cn5)CC4)ccc3nc2-1. The summed E-state index contributed by atoms with van der Waals surface area (Å²) in [5.74, 6) is -1.04. The molecule has 2 aliphatic heterocycles. The summed E-state index contributed by atoms with van der Waals surface area (Å²) in [6.07, 6.45) is 2.11. The highest BCUT2D eigenvalue weighted by Crippen LogP contribution is 2.42. The highest BCUT2D eigenvalue weighted by atomic mass is 16.6. The Balaban J connectivity index is 1.14. The second-order valence-electron chi connectivity index (χ2n) is 11.7. The number of hydrogen-bond donors (Lipinski definition) is 3. The number of nitrogens with zero attached hydrogens (tertiary/aromatic N) is 7. The monoisotopic (exact) mass is 656 g/mol. The number of hydrogen-bond acceptors (Lipinski definition) is 13. The number of fused-ring (bicyclic) bond motifs is 5. The Kier molecular flexibility index (Phi) is 7.36. The Hall–Kier alpha value is -5.81. The number of benzene rings is 1. The molecule has 3 aromatic heterocycles. The molecule has 1 atom stereocenters. The van der Waals surface area contributed by atoms with Crippen molar-refractivity contribution in [2.24, 2.45) is 0 Å². The molecule has 17 heteroatoms. The summed E-state index contributed by atoms with van der Waals surface area (Å²) in [5, 5.41) is 32.4. The van der Waals surface area contributed by atoms with Crippen LogP contribution in [0, 0.1) is 10.1 Å². The van der Waals surface area contributed by atoms with Crippen molar-refractivity contribution in [3.8, 4) is 17.1 Å². The average Bonchev–Trinajstić information content (AvgIpc) is 3.46. The smallest absolute Gasteiger partial charge is 0.403 e. The van der Waals surface area contributed by atoms with Gasteiger partial charge in [0.2, 0.25) is 11.7 Å². The molecule has 0 unspecified atom stereocenters. The molecule has 1 saturated heterocycles. The number of piperazine rings is 1. The molecule has 7 rings (SSSR count). The zero-order valence-corrected chi connectivity index (χ0v) is 25.5. The van der Waals surface area contributed by atoms with Gasteiger partial charge in [0.15, 0.2) is 5.78 Å². The molecule has 1 aliphatic carbocycles. The fourth-order valence-corrected chi connectivity index (χ4v) is 6.59. The summed E-state index contributed by atoms with van der Waals surface area (Å²) in [6.45, 7) is 2.82. The van der Waals surface area contributed by atoms with Gasteiger partial charge in [0.05, 0.1) is 39.3 Å². The maximum Gasteiger partial charge on any atom is 0.415 e. The van der Waals surface area contributed by atoms with Gasteiger partial charge in [0, 0.05) is 61.7 Å². The molecule has 0 radical (unpaired) electrons. The summed E-state index contributed by atoms with van der Waals surface area (Å²) in [7, 11) is 0. The third-order valence-corrected chi connectivity index (χ3v) is 9.21. The minimum atomic E-state index is -1.77. The fourth-order valence-electron chi connectivity index (χ4n) is 6.59. The summed E-state index contributed by atoms with van der Waals surface area (Å²) in [5.41, 5.74) is 1.24. The van der Waals surface area contributed by atoms with Gasteiger partial charge in [0.1, 0.15) is 5.60 Å². The van der Waals surface area contributed by atoms with Crippen molar-refractivity contribution in [2.45, 2.75) is 38.3 Å². The first-order chi connectivity index (χ1) is 23.0. The van der Waals surface area contributed by atoms with Crippen molar-refractivity contribution in [1.82, 2.24) is 29.9 Å². The number of hydroxylamine groups is 1. The highest BCUT2D eigenvalue weighted by molar-refractivity contribution is 5.95. The van der Waals surface area contributed by atoms with Gasteiger partial charge >= 0.3 is 11.8 Å². The van der Waals surface area contributed by atoms with Crippen LogP contribution in [0.5, 0.6) is 5.75 Å². The number of nitro groups is 1. The lowest BCUT2D eigenvalue weighted by Crippen LogP contribution is -2.50. The van der Waals surface area contributed by atoms with E-state index in [1.54, 1.807) is 24.0 Å². The molecule has 1 fully saturated rings. The molecule has 0 bridgehead atoms. The van der Waals surface area contributed by atoms with Crippen LogP contribution in [0.1, 0.15) is 46.8 Å². The van der Waals surface area contributed by atoms with Gasteiger partial charge in [-0.25, -0.2) is 25.2 Å². The van der Waals surface area contributed by atoms with E-state index in [-0.39, 0.29) is 78.0 Å². The number of Topliss-reactive ketones (excluding diaryl/α,β-unsaturated/α-hetero) is 1. The number of rotatable bonds is 5. The number of nitrogens with one attached hydrogen (secondary N) is 1. The molecule has 1 aromatic carbocycles. The largest absolute Gasteiger partial charge is 0.415 e. The minimum Gasteiger partial charge on any atom is -0.403 e. The summed E-state index contributed by atoms with van der Waals surface area (Å²) in [4.78, 5) is 78.7. The lowest BCUT2D eigenvalue weighted by Gasteiger charge is -2.33.